The first-order valence-electron chi connectivity index (χ1n) is 11.0. The highest BCUT2D eigenvalue weighted by atomic mass is 32.2. The Morgan fingerprint density at radius 2 is 1.97 bits per heavy atom. The summed E-state index contributed by atoms with van der Waals surface area (Å²) in [5, 5.41) is 14.7. The second-order valence-electron chi connectivity index (χ2n) is 7.84. The van der Waals surface area contributed by atoms with Crippen LogP contribution < -0.4 is 10.1 Å². The van der Waals surface area contributed by atoms with Crippen LogP contribution in [0.15, 0.2) is 59.1 Å². The van der Waals surface area contributed by atoms with Gasteiger partial charge in [-0.25, -0.2) is 4.98 Å². The van der Waals surface area contributed by atoms with Crippen molar-refractivity contribution in [2.75, 3.05) is 18.2 Å². The van der Waals surface area contributed by atoms with Gasteiger partial charge >= 0.3 is 0 Å². The number of methoxy groups -OCH3 is 1. The number of nitrogens with one attached hydrogen (secondary N) is 1. The molecule has 176 valence electrons. The van der Waals surface area contributed by atoms with Crippen LogP contribution in [0.1, 0.15) is 23.4 Å². The van der Waals surface area contributed by atoms with Crippen molar-refractivity contribution in [1.82, 2.24) is 19.7 Å². The molecule has 0 unspecified atom stereocenters. The number of thiazole rings is 1. The zero-order valence-corrected chi connectivity index (χ0v) is 21.1. The molecule has 0 saturated heterocycles. The molecule has 1 amide bonds. The molecule has 0 aliphatic heterocycles. The lowest BCUT2D eigenvalue weighted by atomic mass is 10.0. The van der Waals surface area contributed by atoms with E-state index in [1.54, 1.807) is 7.11 Å². The predicted octanol–water partition coefficient (Wildman–Crippen LogP) is 5.16. The lowest BCUT2D eigenvalue weighted by molar-refractivity contribution is -0.113. The molecule has 0 radical (unpaired) electrons. The number of aromatic nitrogens is 4. The maximum absolute atomic E-state index is 12.4. The second-order valence-corrected chi connectivity index (χ2v) is 9.65. The van der Waals surface area contributed by atoms with Crippen LogP contribution in [0.5, 0.6) is 5.75 Å². The third-order valence-corrected chi connectivity index (χ3v) is 7.25. The van der Waals surface area contributed by atoms with Crippen LogP contribution in [0, 0.1) is 6.92 Å². The normalized spacial score (nSPS) is 10.9. The number of carbonyl (C=O) groups excluding carboxylic acids is 1. The number of thioether (sulfide) groups is 1. The van der Waals surface area contributed by atoms with Gasteiger partial charge in [0.2, 0.25) is 5.91 Å². The fourth-order valence-electron chi connectivity index (χ4n) is 3.56. The molecule has 2 heterocycles. The van der Waals surface area contributed by atoms with Crippen LogP contribution in [0.4, 0.5) is 5.13 Å². The van der Waals surface area contributed by atoms with Gasteiger partial charge in [0.25, 0.3) is 0 Å². The van der Waals surface area contributed by atoms with E-state index in [9.17, 15) is 4.79 Å². The molecular formula is C25H27N5O2S2. The summed E-state index contributed by atoms with van der Waals surface area (Å²) in [4.78, 5) is 16.9. The maximum atomic E-state index is 12.4. The number of hydrogen-bond donors (Lipinski definition) is 1. The first kappa shape index (κ1) is 24.0. The van der Waals surface area contributed by atoms with Gasteiger partial charge in [0.1, 0.15) is 11.6 Å². The number of hydrogen-bond acceptors (Lipinski definition) is 7. The number of nitrogens with zero attached hydrogens (tertiary/aromatic N) is 4. The van der Waals surface area contributed by atoms with Gasteiger partial charge in [-0.05, 0) is 43.0 Å². The zero-order valence-electron chi connectivity index (χ0n) is 19.4. The van der Waals surface area contributed by atoms with Crippen molar-refractivity contribution in [2.24, 2.45) is 7.05 Å². The molecule has 2 aromatic heterocycles. The first-order chi connectivity index (χ1) is 16.5. The SMILES string of the molecule is COc1ccc(CCCc2nnc(SCC(=O)Nc3nc(-c4ccccc4)cs3)n2C)c(C)c1. The van der Waals surface area contributed by atoms with E-state index in [0.29, 0.717) is 5.13 Å². The summed E-state index contributed by atoms with van der Waals surface area (Å²) in [5.41, 5.74) is 4.43. The van der Waals surface area contributed by atoms with Crippen LogP contribution in [-0.2, 0) is 24.7 Å². The molecule has 34 heavy (non-hydrogen) atoms. The summed E-state index contributed by atoms with van der Waals surface area (Å²) in [6.07, 6.45) is 2.76. The highest BCUT2D eigenvalue weighted by molar-refractivity contribution is 7.99. The van der Waals surface area contributed by atoms with E-state index in [-0.39, 0.29) is 11.7 Å². The summed E-state index contributed by atoms with van der Waals surface area (Å²) in [6.45, 7) is 2.11. The summed E-state index contributed by atoms with van der Waals surface area (Å²) in [7, 11) is 3.63. The maximum Gasteiger partial charge on any atom is 0.236 e. The van der Waals surface area contributed by atoms with Gasteiger partial charge < -0.3 is 14.6 Å². The fraction of sp³-hybridized carbons (Fsp3) is 0.280. The molecule has 7 nitrogen and oxygen atoms in total. The van der Waals surface area contributed by atoms with E-state index in [2.05, 4.69) is 39.6 Å². The van der Waals surface area contributed by atoms with Gasteiger partial charge in [0.05, 0.1) is 18.6 Å². The highest BCUT2D eigenvalue weighted by Crippen LogP contribution is 2.25. The molecule has 4 aromatic rings. The zero-order chi connectivity index (χ0) is 23.9. The Labute approximate surface area is 207 Å². The second kappa shape index (κ2) is 11.3. The third-order valence-electron chi connectivity index (χ3n) is 5.47. The number of ether oxygens (including phenoxy) is 1. The van der Waals surface area contributed by atoms with E-state index in [1.807, 2.05) is 53.4 Å². The van der Waals surface area contributed by atoms with E-state index in [4.69, 9.17) is 4.74 Å². The van der Waals surface area contributed by atoms with Gasteiger partial charge in [-0.15, -0.1) is 21.5 Å². The molecule has 0 bridgehead atoms. The molecule has 4 rings (SSSR count). The highest BCUT2D eigenvalue weighted by Gasteiger charge is 2.13. The van der Waals surface area contributed by atoms with Gasteiger partial charge in [0.15, 0.2) is 10.3 Å². The van der Waals surface area contributed by atoms with Crippen LogP contribution in [-0.4, -0.2) is 38.5 Å². The quantitative estimate of drug-likeness (QED) is 0.307. The van der Waals surface area contributed by atoms with Gasteiger partial charge in [-0.2, -0.15) is 0 Å². The molecule has 0 spiro atoms. The Balaban J connectivity index is 1.25. The number of amides is 1. The van der Waals surface area contributed by atoms with Gasteiger partial charge in [-0.3, -0.25) is 4.79 Å². The average molecular weight is 494 g/mol. The lowest BCUT2D eigenvalue weighted by Gasteiger charge is -2.08. The monoisotopic (exact) mass is 493 g/mol. The van der Waals surface area contributed by atoms with Crippen molar-refractivity contribution in [3.8, 4) is 17.0 Å². The molecule has 9 heteroatoms. The van der Waals surface area contributed by atoms with Crippen LogP contribution in [0.2, 0.25) is 0 Å². The Hall–Kier alpha value is -3.17. The van der Waals surface area contributed by atoms with Crippen molar-refractivity contribution >= 4 is 34.1 Å². The fourth-order valence-corrected chi connectivity index (χ4v) is 5.03. The van der Waals surface area contributed by atoms with Crippen LogP contribution in [0.3, 0.4) is 0 Å². The molecule has 0 atom stereocenters. The molecule has 0 aliphatic carbocycles. The van der Waals surface area contributed by atoms with Gasteiger partial charge in [0, 0.05) is 24.4 Å². The molecule has 2 aromatic carbocycles. The predicted molar refractivity (Wildman–Crippen MR) is 138 cm³/mol. The van der Waals surface area contributed by atoms with Crippen molar-refractivity contribution in [2.45, 2.75) is 31.3 Å². The smallest absolute Gasteiger partial charge is 0.236 e. The molecule has 0 fully saturated rings. The number of carbonyl (C=O) groups is 1. The third kappa shape index (κ3) is 6.03. The molecule has 0 aliphatic rings. The molecular weight excluding hydrogens is 466 g/mol. The van der Waals surface area contributed by atoms with E-state index < -0.39 is 0 Å². The summed E-state index contributed by atoms with van der Waals surface area (Å²) < 4.78 is 7.25. The number of anilines is 1. The number of rotatable bonds is 10. The van der Waals surface area contributed by atoms with E-state index in [0.717, 1.165) is 47.3 Å². The molecule has 1 N–H and O–H groups in total. The Morgan fingerprint density at radius 1 is 1.15 bits per heavy atom. The Bertz CT molecular complexity index is 1250. The van der Waals surface area contributed by atoms with E-state index in [1.165, 1.54) is 34.2 Å². The van der Waals surface area contributed by atoms with Crippen molar-refractivity contribution < 1.29 is 9.53 Å². The minimum absolute atomic E-state index is 0.113. The average Bonchev–Trinajstić information content (AvgIpc) is 3.46. The first-order valence-corrected chi connectivity index (χ1v) is 12.9. The standard InChI is InChI=1S/C25H27N5O2S2/c1-17-14-20(32-3)13-12-18(17)10-7-11-22-28-29-25(30(22)2)34-16-23(31)27-24-26-21(15-33-24)19-8-5-4-6-9-19/h4-6,8-9,12-15H,7,10-11,16H2,1-3H3,(H,26,27,31). The van der Waals surface area contributed by atoms with Crippen molar-refractivity contribution in [1.29, 1.82) is 0 Å². The number of benzene rings is 2. The summed E-state index contributed by atoms with van der Waals surface area (Å²) in [6, 6.07) is 16.1. The van der Waals surface area contributed by atoms with Crippen LogP contribution in [0.25, 0.3) is 11.3 Å². The minimum atomic E-state index is -0.113. The largest absolute Gasteiger partial charge is 0.497 e. The van der Waals surface area contributed by atoms with Gasteiger partial charge in [-0.1, -0.05) is 48.2 Å². The van der Waals surface area contributed by atoms with Crippen molar-refractivity contribution in [3.63, 3.8) is 0 Å². The summed E-state index contributed by atoms with van der Waals surface area (Å²) in [5.74, 6) is 1.93. The van der Waals surface area contributed by atoms with Crippen LogP contribution >= 0.6 is 23.1 Å². The Morgan fingerprint density at radius 3 is 2.74 bits per heavy atom. The Kier molecular flexibility index (Phi) is 7.97. The topological polar surface area (TPSA) is 81.9 Å². The van der Waals surface area contributed by atoms with E-state index >= 15 is 0 Å². The molecule has 0 saturated carbocycles. The lowest BCUT2D eigenvalue weighted by Crippen LogP contribution is -2.14. The minimum Gasteiger partial charge on any atom is -0.497 e. The number of aryl methyl sites for hydroxylation is 3. The summed E-state index contributed by atoms with van der Waals surface area (Å²) >= 11 is 2.79. The van der Waals surface area contributed by atoms with Crippen molar-refractivity contribution in [3.05, 3.63) is 70.9 Å².